The number of allylic oxidation sites excluding steroid dienone is 2. The molecule has 0 amide bonds. The fraction of sp³-hybridized carbons (Fsp3) is 0.727. The minimum Gasteiger partial charge on any atom is -0.295 e. The molecule has 70 valence electrons. The average molecular weight is 168 g/mol. The molecule has 0 unspecified atom stereocenters. The second-order valence-corrected chi connectivity index (χ2v) is 3.29. The van der Waals surface area contributed by atoms with Crippen LogP contribution in [0.5, 0.6) is 0 Å². The van der Waals surface area contributed by atoms with Gasteiger partial charge in [0.2, 0.25) is 0 Å². The van der Waals surface area contributed by atoms with Crippen molar-refractivity contribution in [3.05, 3.63) is 11.6 Å². The maximum absolute atomic E-state index is 10.8. The number of unbranched alkanes of at least 4 members (excludes halogenated alkanes) is 4. The van der Waals surface area contributed by atoms with Crippen LogP contribution in [0.3, 0.4) is 0 Å². The van der Waals surface area contributed by atoms with Crippen molar-refractivity contribution in [1.29, 1.82) is 0 Å². The summed E-state index contributed by atoms with van der Waals surface area (Å²) in [7, 11) is 0. The highest BCUT2D eigenvalue weighted by atomic mass is 16.1. The maximum atomic E-state index is 10.8. The topological polar surface area (TPSA) is 17.1 Å². The number of hydrogen-bond donors (Lipinski definition) is 0. The van der Waals surface area contributed by atoms with Gasteiger partial charge in [0.15, 0.2) is 5.78 Å². The van der Waals surface area contributed by atoms with Gasteiger partial charge in [0.05, 0.1) is 0 Å². The summed E-state index contributed by atoms with van der Waals surface area (Å²) in [5.41, 5.74) is 0.909. The van der Waals surface area contributed by atoms with Gasteiger partial charge in [-0.05, 0) is 32.3 Å². The molecule has 0 aromatic heterocycles. The molecule has 0 spiro atoms. The molecule has 12 heavy (non-hydrogen) atoms. The smallest absolute Gasteiger partial charge is 0.155 e. The third-order valence-corrected chi connectivity index (χ3v) is 2.06. The predicted octanol–water partition coefficient (Wildman–Crippen LogP) is 3.49. The quantitative estimate of drug-likeness (QED) is 0.438. The zero-order valence-corrected chi connectivity index (χ0v) is 8.52. The van der Waals surface area contributed by atoms with Crippen molar-refractivity contribution in [2.75, 3.05) is 0 Å². The summed E-state index contributed by atoms with van der Waals surface area (Å²) in [6, 6.07) is 0. The van der Waals surface area contributed by atoms with E-state index in [4.69, 9.17) is 0 Å². The van der Waals surface area contributed by atoms with Crippen LogP contribution in [0.4, 0.5) is 0 Å². The zero-order chi connectivity index (χ0) is 9.40. The first-order valence-electron chi connectivity index (χ1n) is 4.86. The molecule has 0 aliphatic rings. The Kier molecular flexibility index (Phi) is 6.73. The van der Waals surface area contributed by atoms with Gasteiger partial charge in [-0.15, -0.1) is 0 Å². The minimum atomic E-state index is 0.200. The fourth-order valence-corrected chi connectivity index (χ4v) is 1.03. The normalized spacial score (nSPS) is 11.8. The molecule has 0 atom stereocenters. The highest BCUT2D eigenvalue weighted by Crippen LogP contribution is 2.05. The van der Waals surface area contributed by atoms with Crippen molar-refractivity contribution >= 4 is 5.78 Å². The van der Waals surface area contributed by atoms with Crippen LogP contribution in [-0.4, -0.2) is 5.78 Å². The van der Waals surface area contributed by atoms with Crippen molar-refractivity contribution in [3.8, 4) is 0 Å². The third-order valence-electron chi connectivity index (χ3n) is 2.06. The van der Waals surface area contributed by atoms with E-state index in [0.717, 1.165) is 12.0 Å². The van der Waals surface area contributed by atoms with Crippen molar-refractivity contribution in [2.45, 2.75) is 52.9 Å². The number of Topliss-reactive ketones (excluding diaryl/α,β-unsaturated/α-hetero) is 1. The van der Waals surface area contributed by atoms with Crippen molar-refractivity contribution in [2.24, 2.45) is 0 Å². The van der Waals surface area contributed by atoms with E-state index < -0.39 is 0 Å². The lowest BCUT2D eigenvalue weighted by Gasteiger charge is -1.96. The van der Waals surface area contributed by atoms with Crippen LogP contribution < -0.4 is 0 Å². The van der Waals surface area contributed by atoms with Crippen LogP contribution in [0.1, 0.15) is 52.9 Å². The van der Waals surface area contributed by atoms with Gasteiger partial charge < -0.3 is 0 Å². The lowest BCUT2D eigenvalue weighted by atomic mass is 10.1. The first-order chi connectivity index (χ1) is 5.68. The maximum Gasteiger partial charge on any atom is 0.155 e. The monoisotopic (exact) mass is 168 g/mol. The summed E-state index contributed by atoms with van der Waals surface area (Å²) in [6.07, 6.45) is 8.21. The minimum absolute atomic E-state index is 0.200. The second kappa shape index (κ2) is 7.08. The molecule has 0 saturated heterocycles. The summed E-state index contributed by atoms with van der Waals surface area (Å²) >= 11 is 0. The van der Waals surface area contributed by atoms with Gasteiger partial charge in [0, 0.05) is 0 Å². The van der Waals surface area contributed by atoms with Gasteiger partial charge in [0.1, 0.15) is 0 Å². The molecule has 0 aromatic rings. The van der Waals surface area contributed by atoms with Crippen LogP contribution in [0.25, 0.3) is 0 Å². The van der Waals surface area contributed by atoms with Gasteiger partial charge in [0.25, 0.3) is 0 Å². The Morgan fingerprint density at radius 3 is 2.33 bits per heavy atom. The number of carbonyl (C=O) groups is 1. The molecule has 0 saturated carbocycles. The largest absolute Gasteiger partial charge is 0.295 e. The molecule has 0 fully saturated rings. The second-order valence-electron chi connectivity index (χ2n) is 3.29. The fourth-order valence-electron chi connectivity index (χ4n) is 1.03. The summed E-state index contributed by atoms with van der Waals surface area (Å²) in [5.74, 6) is 0.200. The van der Waals surface area contributed by atoms with E-state index in [2.05, 4.69) is 13.0 Å². The van der Waals surface area contributed by atoms with Gasteiger partial charge >= 0.3 is 0 Å². The Hall–Kier alpha value is -0.590. The number of rotatable bonds is 6. The van der Waals surface area contributed by atoms with Crippen molar-refractivity contribution in [1.82, 2.24) is 0 Å². The van der Waals surface area contributed by atoms with Gasteiger partial charge in [-0.2, -0.15) is 0 Å². The Labute approximate surface area is 75.9 Å². The number of hydrogen-bond acceptors (Lipinski definition) is 1. The molecule has 0 radical (unpaired) electrons. The number of carbonyl (C=O) groups excluding carboxylic acids is 1. The average Bonchev–Trinajstić information content (AvgIpc) is 2.03. The predicted molar refractivity (Wildman–Crippen MR) is 53.2 cm³/mol. The van der Waals surface area contributed by atoms with E-state index in [1.807, 2.05) is 6.92 Å². The highest BCUT2D eigenvalue weighted by molar-refractivity contribution is 5.92. The Bertz CT molecular complexity index is 156. The van der Waals surface area contributed by atoms with E-state index in [1.54, 1.807) is 6.92 Å². The molecule has 0 aliphatic heterocycles. The SMILES string of the molecule is CCCCCC/C=C(/C)C(C)=O. The lowest BCUT2D eigenvalue weighted by molar-refractivity contribution is -0.113. The molecule has 0 rings (SSSR count). The summed E-state index contributed by atoms with van der Waals surface area (Å²) < 4.78 is 0. The Morgan fingerprint density at radius 2 is 1.83 bits per heavy atom. The van der Waals surface area contributed by atoms with E-state index >= 15 is 0 Å². The van der Waals surface area contributed by atoms with Crippen molar-refractivity contribution in [3.63, 3.8) is 0 Å². The molecular weight excluding hydrogens is 148 g/mol. The molecular formula is C11H20O. The van der Waals surface area contributed by atoms with Gasteiger partial charge in [-0.1, -0.05) is 32.3 Å². The summed E-state index contributed by atoms with van der Waals surface area (Å²) in [5, 5.41) is 0. The Morgan fingerprint density at radius 1 is 1.17 bits per heavy atom. The molecule has 1 nitrogen and oxygen atoms in total. The molecule has 0 aromatic carbocycles. The van der Waals surface area contributed by atoms with Crippen LogP contribution in [0, 0.1) is 0 Å². The summed E-state index contributed by atoms with van der Waals surface area (Å²) in [4.78, 5) is 10.8. The van der Waals surface area contributed by atoms with Crippen LogP contribution in [0.15, 0.2) is 11.6 Å². The Balaban J connectivity index is 3.40. The van der Waals surface area contributed by atoms with Gasteiger partial charge in [-0.3, -0.25) is 4.79 Å². The van der Waals surface area contributed by atoms with E-state index in [0.29, 0.717) is 0 Å². The third kappa shape index (κ3) is 6.14. The standard InChI is InChI=1S/C11H20O/c1-4-5-6-7-8-9-10(2)11(3)12/h9H,4-8H2,1-3H3/b10-9-. The van der Waals surface area contributed by atoms with E-state index in [-0.39, 0.29) is 5.78 Å². The molecule has 0 aliphatic carbocycles. The van der Waals surface area contributed by atoms with Crippen molar-refractivity contribution < 1.29 is 4.79 Å². The first-order valence-corrected chi connectivity index (χ1v) is 4.86. The summed E-state index contributed by atoms with van der Waals surface area (Å²) in [6.45, 7) is 5.72. The first kappa shape index (κ1) is 11.4. The number of ketones is 1. The lowest BCUT2D eigenvalue weighted by Crippen LogP contribution is -1.90. The van der Waals surface area contributed by atoms with Crippen LogP contribution in [0.2, 0.25) is 0 Å². The van der Waals surface area contributed by atoms with E-state index in [9.17, 15) is 4.79 Å². The van der Waals surface area contributed by atoms with Gasteiger partial charge in [-0.25, -0.2) is 0 Å². The zero-order valence-electron chi connectivity index (χ0n) is 8.52. The molecule has 0 heterocycles. The highest BCUT2D eigenvalue weighted by Gasteiger charge is 1.93. The van der Waals surface area contributed by atoms with Crippen LogP contribution >= 0.6 is 0 Å². The van der Waals surface area contributed by atoms with Crippen LogP contribution in [-0.2, 0) is 4.79 Å². The molecule has 1 heteroatoms. The van der Waals surface area contributed by atoms with E-state index in [1.165, 1.54) is 25.7 Å². The molecule has 0 bridgehead atoms. The molecule has 0 N–H and O–H groups in total.